The molecule has 176 valence electrons. The number of hydrogen-bond acceptors (Lipinski definition) is 6. The molecular weight excluding hydrogens is 488 g/mol. The Morgan fingerprint density at radius 1 is 1.29 bits per heavy atom. The summed E-state index contributed by atoms with van der Waals surface area (Å²) in [7, 11) is 3.20. The Morgan fingerprint density at radius 2 is 2.09 bits per heavy atom. The van der Waals surface area contributed by atoms with E-state index >= 15 is 0 Å². The lowest BCUT2D eigenvalue weighted by Gasteiger charge is -2.09. The first-order valence-electron chi connectivity index (χ1n) is 10.3. The number of carbonyl (C=O) groups is 1. The van der Waals surface area contributed by atoms with E-state index in [1.165, 1.54) is 22.6 Å². The highest BCUT2D eigenvalue weighted by Crippen LogP contribution is 2.30. The summed E-state index contributed by atoms with van der Waals surface area (Å²) in [5, 5.41) is 7.41. The van der Waals surface area contributed by atoms with E-state index in [0.717, 1.165) is 5.56 Å². The van der Waals surface area contributed by atoms with Gasteiger partial charge in [-0.1, -0.05) is 47.6 Å². The number of methoxy groups -OCH3 is 1. The molecule has 0 unspecified atom stereocenters. The first-order valence-corrected chi connectivity index (χ1v) is 11.6. The minimum Gasteiger partial charge on any atom is -0.497 e. The van der Waals surface area contributed by atoms with Crippen LogP contribution in [0, 0.1) is 6.57 Å². The molecule has 0 aliphatic heterocycles. The van der Waals surface area contributed by atoms with Crippen molar-refractivity contribution in [1.29, 1.82) is 0 Å². The third-order valence-electron chi connectivity index (χ3n) is 5.00. The van der Waals surface area contributed by atoms with Gasteiger partial charge in [0.2, 0.25) is 0 Å². The van der Waals surface area contributed by atoms with Crippen molar-refractivity contribution in [3.63, 3.8) is 0 Å². The van der Waals surface area contributed by atoms with Crippen LogP contribution < -0.4 is 15.6 Å². The van der Waals surface area contributed by atoms with Gasteiger partial charge >= 0.3 is 0 Å². The predicted molar refractivity (Wildman–Crippen MR) is 135 cm³/mol. The average Bonchev–Trinajstić information content (AvgIpc) is 3.20. The number of aromatic amines is 1. The van der Waals surface area contributed by atoms with Gasteiger partial charge < -0.3 is 15.0 Å². The summed E-state index contributed by atoms with van der Waals surface area (Å²) in [4.78, 5) is 35.6. The van der Waals surface area contributed by atoms with Crippen molar-refractivity contribution in [2.45, 2.75) is 10.9 Å². The molecule has 2 heterocycles. The highest BCUT2D eigenvalue weighted by atomic mass is 35.5. The lowest BCUT2D eigenvalue weighted by Crippen LogP contribution is -2.12. The zero-order chi connectivity index (χ0) is 24.9. The van der Waals surface area contributed by atoms with Crippen molar-refractivity contribution in [2.75, 3.05) is 12.4 Å². The third kappa shape index (κ3) is 5.37. The van der Waals surface area contributed by atoms with Gasteiger partial charge in [0, 0.05) is 18.5 Å². The Balaban J connectivity index is 1.53. The molecule has 0 bridgehead atoms. The predicted octanol–water partition coefficient (Wildman–Crippen LogP) is 4.93. The second-order valence-electron chi connectivity index (χ2n) is 7.33. The number of benzene rings is 2. The zero-order valence-corrected chi connectivity index (χ0v) is 20.3. The molecule has 1 amide bonds. The molecule has 0 spiro atoms. The summed E-state index contributed by atoms with van der Waals surface area (Å²) >= 11 is 7.41. The van der Waals surface area contributed by atoms with Crippen LogP contribution in [0.1, 0.15) is 15.9 Å². The van der Waals surface area contributed by atoms with Gasteiger partial charge in [0.25, 0.3) is 17.2 Å². The van der Waals surface area contributed by atoms with Gasteiger partial charge in [0.1, 0.15) is 10.9 Å². The van der Waals surface area contributed by atoms with Crippen molar-refractivity contribution in [2.24, 2.45) is 7.05 Å². The molecule has 0 aliphatic rings. The molecule has 0 radical (unpaired) electrons. The van der Waals surface area contributed by atoms with Gasteiger partial charge in [0.05, 0.1) is 31.1 Å². The normalized spacial score (nSPS) is 10.6. The number of nitrogens with zero attached hydrogens (tertiary/aromatic N) is 4. The van der Waals surface area contributed by atoms with Crippen molar-refractivity contribution in [3.05, 3.63) is 92.8 Å². The SMILES string of the molecule is [C-]#[N+]c1c(-c2cccc(OC)c2)nc(SCc2cccc(NC(=O)c3cnn(C)c3Cl)c2)[nH]c1=O. The van der Waals surface area contributed by atoms with E-state index < -0.39 is 5.56 Å². The fraction of sp³-hybridized carbons (Fsp3) is 0.125. The number of nitrogens with one attached hydrogen (secondary N) is 2. The minimum absolute atomic E-state index is 0.0821. The van der Waals surface area contributed by atoms with Crippen LogP contribution in [0.25, 0.3) is 16.1 Å². The van der Waals surface area contributed by atoms with Gasteiger partial charge in [-0.25, -0.2) is 9.83 Å². The van der Waals surface area contributed by atoms with Gasteiger partial charge in [-0.2, -0.15) is 5.10 Å². The van der Waals surface area contributed by atoms with Crippen LogP contribution in [0.5, 0.6) is 5.75 Å². The van der Waals surface area contributed by atoms with E-state index in [1.54, 1.807) is 44.5 Å². The van der Waals surface area contributed by atoms with Crippen molar-refractivity contribution in [3.8, 4) is 17.0 Å². The Labute approximate surface area is 209 Å². The molecule has 2 N–H and O–H groups in total. The number of aromatic nitrogens is 4. The van der Waals surface area contributed by atoms with E-state index in [4.69, 9.17) is 22.9 Å². The highest BCUT2D eigenvalue weighted by molar-refractivity contribution is 7.98. The van der Waals surface area contributed by atoms with Crippen molar-refractivity contribution < 1.29 is 9.53 Å². The molecule has 0 saturated heterocycles. The van der Waals surface area contributed by atoms with Crippen LogP contribution in [-0.2, 0) is 12.8 Å². The number of thioether (sulfide) groups is 1. The third-order valence-corrected chi connectivity index (χ3v) is 6.39. The van der Waals surface area contributed by atoms with Crippen LogP contribution >= 0.6 is 23.4 Å². The minimum atomic E-state index is -0.510. The van der Waals surface area contributed by atoms with Crippen LogP contribution in [-0.4, -0.2) is 32.8 Å². The number of carbonyl (C=O) groups excluding carboxylic acids is 1. The monoisotopic (exact) mass is 506 g/mol. The molecule has 11 heteroatoms. The molecule has 0 atom stereocenters. The summed E-state index contributed by atoms with van der Waals surface area (Å²) in [6.07, 6.45) is 1.41. The van der Waals surface area contributed by atoms with Gasteiger partial charge in [-0.3, -0.25) is 14.3 Å². The summed E-state index contributed by atoms with van der Waals surface area (Å²) in [6.45, 7) is 7.42. The van der Waals surface area contributed by atoms with Crippen molar-refractivity contribution in [1.82, 2.24) is 19.7 Å². The number of rotatable bonds is 7. The molecule has 4 aromatic rings. The number of halogens is 1. The van der Waals surface area contributed by atoms with E-state index in [0.29, 0.717) is 33.6 Å². The maximum absolute atomic E-state index is 12.6. The first kappa shape index (κ1) is 24.1. The summed E-state index contributed by atoms with van der Waals surface area (Å²) in [5.74, 6) is 0.701. The average molecular weight is 507 g/mol. The molecule has 0 aliphatic carbocycles. The molecule has 9 nitrogen and oxygen atoms in total. The maximum Gasteiger partial charge on any atom is 0.276 e. The van der Waals surface area contributed by atoms with Crippen LogP contribution in [0.15, 0.2) is 64.7 Å². The van der Waals surface area contributed by atoms with Crippen LogP contribution in [0.3, 0.4) is 0 Å². The summed E-state index contributed by atoms with van der Waals surface area (Å²) in [5.41, 5.74) is 2.08. The quantitative estimate of drug-likeness (QED) is 0.209. The number of ether oxygens (including phenoxy) is 1. The van der Waals surface area contributed by atoms with Crippen molar-refractivity contribution >= 4 is 40.6 Å². The summed E-state index contributed by atoms with van der Waals surface area (Å²) < 4.78 is 6.66. The Bertz CT molecular complexity index is 1510. The number of aryl methyl sites for hydroxylation is 1. The second kappa shape index (κ2) is 10.5. The Morgan fingerprint density at radius 3 is 2.80 bits per heavy atom. The lowest BCUT2D eigenvalue weighted by molar-refractivity contribution is 0.102. The smallest absolute Gasteiger partial charge is 0.276 e. The number of amides is 1. The number of hydrogen-bond donors (Lipinski definition) is 2. The standard InChI is InChI=1S/C24H19ClN6O3S/c1-26-20-19(15-7-5-9-17(11-15)34-3)29-24(30-23(20)33)35-13-14-6-4-8-16(10-14)28-22(32)18-12-27-31(2)21(18)25/h4-12H,13H2,2-3H3,(H,28,32)(H,29,30,33). The first-order chi connectivity index (χ1) is 16.9. The second-order valence-corrected chi connectivity index (χ2v) is 8.65. The van der Waals surface area contributed by atoms with E-state index in [9.17, 15) is 9.59 Å². The molecule has 2 aromatic heterocycles. The van der Waals surface area contributed by atoms with E-state index in [1.807, 2.05) is 18.2 Å². The van der Waals surface area contributed by atoms with Gasteiger partial charge in [0.15, 0.2) is 5.16 Å². The lowest BCUT2D eigenvalue weighted by atomic mass is 10.1. The topological polar surface area (TPSA) is 106 Å². The number of anilines is 1. The molecule has 0 fully saturated rings. The Kier molecular flexibility index (Phi) is 7.19. The fourth-order valence-electron chi connectivity index (χ4n) is 3.25. The maximum atomic E-state index is 12.6. The van der Waals surface area contributed by atoms with E-state index in [-0.39, 0.29) is 22.3 Å². The fourth-order valence-corrected chi connectivity index (χ4v) is 4.24. The van der Waals surface area contributed by atoms with Gasteiger partial charge in [-0.05, 0) is 35.4 Å². The number of H-pyrrole nitrogens is 1. The molecule has 4 rings (SSSR count). The molecule has 2 aromatic carbocycles. The zero-order valence-electron chi connectivity index (χ0n) is 18.7. The van der Waals surface area contributed by atoms with E-state index in [2.05, 4.69) is 25.2 Å². The Hall–Kier alpha value is -4.07. The van der Waals surface area contributed by atoms with Crippen LogP contribution in [0.2, 0.25) is 5.15 Å². The largest absolute Gasteiger partial charge is 0.497 e. The molecular formula is C24H19ClN6O3S. The van der Waals surface area contributed by atoms with Gasteiger partial charge in [-0.15, -0.1) is 0 Å². The molecule has 0 saturated carbocycles. The van der Waals surface area contributed by atoms with Crippen LogP contribution in [0.4, 0.5) is 11.4 Å². The molecule has 35 heavy (non-hydrogen) atoms. The summed E-state index contributed by atoms with van der Waals surface area (Å²) in [6, 6.07) is 14.4. The highest BCUT2D eigenvalue weighted by Gasteiger charge is 2.16.